The molecule has 0 radical (unpaired) electrons. The lowest BCUT2D eigenvalue weighted by molar-refractivity contribution is -0.139. The molecule has 2 unspecified atom stereocenters. The number of nitrogens with two attached hydrogens (primary N) is 1. The van der Waals surface area contributed by atoms with E-state index in [1.807, 2.05) is 0 Å². The zero-order valence-electron chi connectivity index (χ0n) is 9.69. The highest BCUT2D eigenvalue weighted by Gasteiger charge is 2.26. The van der Waals surface area contributed by atoms with Gasteiger partial charge in [-0.3, -0.25) is 9.59 Å². The van der Waals surface area contributed by atoms with Crippen LogP contribution in [0.5, 0.6) is 0 Å². The number of nitrogens with one attached hydrogen (secondary N) is 2. The van der Waals surface area contributed by atoms with Crippen molar-refractivity contribution in [3.63, 3.8) is 0 Å². The summed E-state index contributed by atoms with van der Waals surface area (Å²) in [5.74, 6) is -1.28. The smallest absolute Gasteiger partial charge is 0.309 e. The van der Waals surface area contributed by atoms with E-state index in [9.17, 15) is 9.59 Å². The van der Waals surface area contributed by atoms with Crippen molar-refractivity contribution >= 4 is 40.8 Å². The number of amides is 2. The maximum Gasteiger partial charge on any atom is 0.309 e. The number of carbonyl (C=O) groups is 2. The van der Waals surface area contributed by atoms with E-state index in [-0.39, 0.29) is 17.6 Å². The van der Waals surface area contributed by atoms with Crippen LogP contribution in [0.25, 0.3) is 0 Å². The molecule has 1 aliphatic rings. The van der Waals surface area contributed by atoms with Gasteiger partial charge < -0.3 is 16.4 Å². The molecule has 4 N–H and O–H groups in total. The van der Waals surface area contributed by atoms with Crippen molar-refractivity contribution in [2.45, 2.75) is 30.6 Å². The standard InChI is InChI=1S/C10H17N3O2S2/c1-17-7-3-2-6(4-7)13-10(15)9(14)12-5-8(11)16/h6-7H,2-5H2,1H3,(H2,11,16)(H,12,14)(H,13,15). The number of thioether (sulfide) groups is 1. The Morgan fingerprint density at radius 1 is 1.41 bits per heavy atom. The van der Waals surface area contributed by atoms with Gasteiger partial charge in [-0.25, -0.2) is 0 Å². The van der Waals surface area contributed by atoms with Gasteiger partial charge >= 0.3 is 11.8 Å². The molecule has 0 aromatic carbocycles. The van der Waals surface area contributed by atoms with Crippen molar-refractivity contribution in [2.24, 2.45) is 5.73 Å². The Bertz CT molecular complexity index is 323. The van der Waals surface area contributed by atoms with Crippen LogP contribution in [0.15, 0.2) is 0 Å². The van der Waals surface area contributed by atoms with Gasteiger partial charge in [0, 0.05) is 11.3 Å². The van der Waals surface area contributed by atoms with E-state index in [1.54, 1.807) is 11.8 Å². The van der Waals surface area contributed by atoms with Crippen molar-refractivity contribution in [3.05, 3.63) is 0 Å². The van der Waals surface area contributed by atoms with Gasteiger partial charge in [0.1, 0.15) is 0 Å². The van der Waals surface area contributed by atoms with Gasteiger partial charge in [-0.15, -0.1) is 0 Å². The number of hydrogen-bond acceptors (Lipinski definition) is 4. The second kappa shape index (κ2) is 6.80. The van der Waals surface area contributed by atoms with Gasteiger partial charge in [0.15, 0.2) is 0 Å². The van der Waals surface area contributed by atoms with E-state index in [4.69, 9.17) is 5.73 Å². The van der Waals surface area contributed by atoms with Crippen LogP contribution >= 0.6 is 24.0 Å². The summed E-state index contributed by atoms with van der Waals surface area (Å²) in [6, 6.07) is 0.107. The molecule has 2 amide bonds. The zero-order valence-corrected chi connectivity index (χ0v) is 11.3. The highest BCUT2D eigenvalue weighted by molar-refractivity contribution is 7.99. The summed E-state index contributed by atoms with van der Waals surface area (Å²) in [5.41, 5.74) is 5.22. The highest BCUT2D eigenvalue weighted by Crippen LogP contribution is 2.27. The fourth-order valence-corrected chi connectivity index (χ4v) is 2.65. The third-order valence-electron chi connectivity index (χ3n) is 2.68. The monoisotopic (exact) mass is 275 g/mol. The number of thiocarbonyl (C=S) groups is 1. The third-order valence-corrected chi connectivity index (χ3v) is 3.92. The molecule has 0 aromatic heterocycles. The molecule has 1 rings (SSSR count). The van der Waals surface area contributed by atoms with E-state index in [1.165, 1.54) is 0 Å². The van der Waals surface area contributed by atoms with Gasteiger partial charge in [0.05, 0.1) is 11.5 Å². The number of rotatable bonds is 4. The third kappa shape index (κ3) is 4.91. The van der Waals surface area contributed by atoms with Gasteiger partial charge in [-0.05, 0) is 25.5 Å². The van der Waals surface area contributed by atoms with Crippen molar-refractivity contribution in [1.82, 2.24) is 10.6 Å². The Morgan fingerprint density at radius 2 is 2.12 bits per heavy atom. The lowest BCUT2D eigenvalue weighted by Gasteiger charge is -2.12. The maximum atomic E-state index is 11.5. The first kappa shape index (κ1) is 14.2. The SMILES string of the molecule is CSC1CCC(NC(=O)C(=O)NCC(N)=S)C1. The topological polar surface area (TPSA) is 84.2 Å². The summed E-state index contributed by atoms with van der Waals surface area (Å²) in [4.78, 5) is 23.0. The lowest BCUT2D eigenvalue weighted by atomic mass is 10.2. The molecule has 7 heteroatoms. The Kier molecular flexibility index (Phi) is 5.70. The molecule has 96 valence electrons. The number of hydrogen-bond donors (Lipinski definition) is 3. The van der Waals surface area contributed by atoms with Crippen molar-refractivity contribution in [3.8, 4) is 0 Å². The van der Waals surface area contributed by atoms with E-state index in [2.05, 4.69) is 29.1 Å². The van der Waals surface area contributed by atoms with Crippen molar-refractivity contribution in [1.29, 1.82) is 0 Å². The maximum absolute atomic E-state index is 11.5. The van der Waals surface area contributed by atoms with Crippen LogP contribution in [-0.2, 0) is 9.59 Å². The van der Waals surface area contributed by atoms with E-state index >= 15 is 0 Å². The number of carbonyl (C=O) groups excluding carboxylic acids is 2. The van der Waals surface area contributed by atoms with Crippen LogP contribution in [0.4, 0.5) is 0 Å². The molecule has 0 aliphatic heterocycles. The minimum absolute atomic E-state index is 0.0552. The van der Waals surface area contributed by atoms with Crippen molar-refractivity contribution < 1.29 is 9.59 Å². The fourth-order valence-electron chi connectivity index (χ4n) is 1.78. The molecule has 17 heavy (non-hydrogen) atoms. The highest BCUT2D eigenvalue weighted by atomic mass is 32.2. The summed E-state index contributed by atoms with van der Waals surface area (Å²) in [6.45, 7) is 0.0552. The molecule has 2 atom stereocenters. The summed E-state index contributed by atoms with van der Waals surface area (Å²) >= 11 is 6.40. The molecule has 0 bridgehead atoms. The first-order valence-corrected chi connectivity index (χ1v) is 7.12. The van der Waals surface area contributed by atoms with Crippen LogP contribution in [0.1, 0.15) is 19.3 Å². The summed E-state index contributed by atoms with van der Waals surface area (Å²) in [5, 5.41) is 5.66. The molecule has 1 aliphatic carbocycles. The average molecular weight is 275 g/mol. The van der Waals surface area contributed by atoms with E-state index in [0.717, 1.165) is 19.3 Å². The predicted molar refractivity (Wildman–Crippen MR) is 72.9 cm³/mol. The molecule has 1 saturated carbocycles. The second-order valence-corrected chi connectivity index (χ2v) is 5.65. The lowest BCUT2D eigenvalue weighted by Crippen LogP contribution is -2.45. The van der Waals surface area contributed by atoms with E-state index in [0.29, 0.717) is 5.25 Å². The first-order valence-electron chi connectivity index (χ1n) is 5.42. The van der Waals surface area contributed by atoms with E-state index < -0.39 is 11.8 Å². The molecule has 0 saturated heterocycles. The zero-order chi connectivity index (χ0) is 12.8. The first-order chi connectivity index (χ1) is 8.02. The predicted octanol–water partition coefficient (Wildman–Crippen LogP) is -0.211. The molecule has 0 aromatic rings. The van der Waals surface area contributed by atoms with Crippen LogP contribution < -0.4 is 16.4 Å². The molecule has 5 nitrogen and oxygen atoms in total. The van der Waals surface area contributed by atoms with Gasteiger partial charge in [-0.1, -0.05) is 12.2 Å². The van der Waals surface area contributed by atoms with Crippen LogP contribution in [0, 0.1) is 0 Å². The Labute approximate surface area is 110 Å². The quantitative estimate of drug-likeness (QED) is 0.488. The average Bonchev–Trinajstić information content (AvgIpc) is 2.73. The van der Waals surface area contributed by atoms with Crippen LogP contribution in [-0.4, -0.2) is 40.9 Å². The minimum atomic E-state index is -0.676. The van der Waals surface area contributed by atoms with Crippen LogP contribution in [0.3, 0.4) is 0 Å². The normalized spacial score (nSPS) is 23.1. The van der Waals surface area contributed by atoms with Gasteiger partial charge in [0.2, 0.25) is 0 Å². The molecule has 1 fully saturated rings. The Morgan fingerprint density at radius 3 is 2.65 bits per heavy atom. The molecule has 0 spiro atoms. The van der Waals surface area contributed by atoms with Gasteiger partial charge in [-0.2, -0.15) is 11.8 Å². The Balaban J connectivity index is 2.29. The molecular weight excluding hydrogens is 258 g/mol. The second-order valence-electron chi connectivity index (χ2n) is 3.99. The van der Waals surface area contributed by atoms with Crippen molar-refractivity contribution in [2.75, 3.05) is 12.8 Å². The molecular formula is C10H17N3O2S2. The minimum Gasteiger partial charge on any atom is -0.392 e. The summed E-state index contributed by atoms with van der Waals surface area (Å²) < 4.78 is 0. The molecule has 0 heterocycles. The largest absolute Gasteiger partial charge is 0.392 e. The van der Waals surface area contributed by atoms with Gasteiger partial charge in [0.25, 0.3) is 0 Å². The van der Waals surface area contributed by atoms with Crippen LogP contribution in [0.2, 0.25) is 0 Å². The summed E-state index contributed by atoms with van der Waals surface area (Å²) in [7, 11) is 0. The summed E-state index contributed by atoms with van der Waals surface area (Å²) in [6.07, 6.45) is 5.00. The Hall–Kier alpha value is -0.820. The fraction of sp³-hybridized carbons (Fsp3) is 0.700.